The Morgan fingerprint density at radius 2 is 2.10 bits per heavy atom. The van der Waals surface area contributed by atoms with Gasteiger partial charge in [0.1, 0.15) is 0 Å². The lowest BCUT2D eigenvalue weighted by Crippen LogP contribution is -2.47. The van der Waals surface area contributed by atoms with E-state index in [-0.39, 0.29) is 11.8 Å². The lowest BCUT2D eigenvalue weighted by Gasteiger charge is -2.38. The summed E-state index contributed by atoms with van der Waals surface area (Å²) in [7, 11) is 0. The molecule has 1 saturated heterocycles. The van der Waals surface area contributed by atoms with Crippen molar-refractivity contribution in [1.82, 2.24) is 4.90 Å². The summed E-state index contributed by atoms with van der Waals surface area (Å²) in [6, 6.07) is 10.1. The molecule has 3 heteroatoms. The van der Waals surface area contributed by atoms with Gasteiger partial charge in [0, 0.05) is 13.1 Å². The Balaban J connectivity index is 2.09. The largest absolute Gasteiger partial charge is 0.342 e. The molecule has 0 saturated carbocycles. The van der Waals surface area contributed by atoms with Crippen molar-refractivity contribution in [2.45, 2.75) is 32.6 Å². The van der Waals surface area contributed by atoms with Crippen molar-refractivity contribution in [3.8, 4) is 0 Å². The molecule has 1 aliphatic rings. The zero-order valence-electron chi connectivity index (χ0n) is 12.6. The molecule has 3 nitrogen and oxygen atoms in total. The molecule has 2 N–H and O–H groups in total. The molecule has 3 atom stereocenters. The maximum Gasteiger partial charge on any atom is 0.230 e. The van der Waals surface area contributed by atoms with Crippen LogP contribution in [-0.4, -0.2) is 30.4 Å². The van der Waals surface area contributed by atoms with Gasteiger partial charge in [0.2, 0.25) is 5.91 Å². The van der Waals surface area contributed by atoms with E-state index < -0.39 is 0 Å². The zero-order valence-corrected chi connectivity index (χ0v) is 12.6. The highest BCUT2D eigenvalue weighted by Crippen LogP contribution is 2.27. The number of benzene rings is 1. The predicted octanol–water partition coefficient (Wildman–Crippen LogP) is 2.62. The van der Waals surface area contributed by atoms with Gasteiger partial charge in [-0.05, 0) is 36.8 Å². The SMILES string of the molecule is CCC(C(=O)N1CCC(C)C(CN)C1)c1ccccc1. The van der Waals surface area contributed by atoms with E-state index in [4.69, 9.17) is 5.73 Å². The quantitative estimate of drug-likeness (QED) is 0.917. The van der Waals surface area contributed by atoms with Crippen molar-refractivity contribution >= 4 is 5.91 Å². The van der Waals surface area contributed by atoms with Gasteiger partial charge < -0.3 is 10.6 Å². The molecule has 1 aromatic rings. The third-order valence-corrected chi connectivity index (χ3v) is 4.64. The van der Waals surface area contributed by atoms with Crippen LogP contribution in [0.2, 0.25) is 0 Å². The van der Waals surface area contributed by atoms with Gasteiger partial charge in [-0.15, -0.1) is 0 Å². The molecule has 0 aliphatic carbocycles. The van der Waals surface area contributed by atoms with Gasteiger partial charge in [0.05, 0.1) is 5.92 Å². The lowest BCUT2D eigenvalue weighted by molar-refractivity contribution is -0.135. The minimum atomic E-state index is -0.0111. The molecule has 0 bridgehead atoms. The topological polar surface area (TPSA) is 46.3 Å². The number of amides is 1. The number of hydrogen-bond donors (Lipinski definition) is 1. The highest BCUT2D eigenvalue weighted by molar-refractivity contribution is 5.83. The van der Waals surface area contributed by atoms with Crippen LogP contribution in [0.4, 0.5) is 0 Å². The third-order valence-electron chi connectivity index (χ3n) is 4.64. The van der Waals surface area contributed by atoms with Gasteiger partial charge in [-0.1, -0.05) is 44.2 Å². The number of hydrogen-bond acceptors (Lipinski definition) is 2. The Morgan fingerprint density at radius 1 is 1.40 bits per heavy atom. The van der Waals surface area contributed by atoms with Crippen LogP contribution in [0.5, 0.6) is 0 Å². The Bertz CT molecular complexity index is 432. The van der Waals surface area contributed by atoms with Crippen molar-refractivity contribution in [2.24, 2.45) is 17.6 Å². The summed E-state index contributed by atoms with van der Waals surface area (Å²) < 4.78 is 0. The van der Waals surface area contributed by atoms with E-state index in [1.807, 2.05) is 23.1 Å². The van der Waals surface area contributed by atoms with E-state index in [9.17, 15) is 4.79 Å². The normalized spacial score (nSPS) is 24.4. The molecule has 3 unspecified atom stereocenters. The van der Waals surface area contributed by atoms with E-state index in [1.54, 1.807) is 0 Å². The van der Waals surface area contributed by atoms with Crippen LogP contribution in [-0.2, 0) is 4.79 Å². The van der Waals surface area contributed by atoms with Crippen LogP contribution in [0.1, 0.15) is 38.2 Å². The molecule has 1 fully saturated rings. The molecule has 1 aliphatic heterocycles. The first-order valence-electron chi connectivity index (χ1n) is 7.71. The van der Waals surface area contributed by atoms with Crippen LogP contribution >= 0.6 is 0 Å². The Labute approximate surface area is 122 Å². The first-order valence-corrected chi connectivity index (χ1v) is 7.71. The highest BCUT2D eigenvalue weighted by atomic mass is 16.2. The number of nitrogens with zero attached hydrogens (tertiary/aromatic N) is 1. The van der Waals surface area contributed by atoms with E-state index in [0.29, 0.717) is 18.4 Å². The molecule has 1 aromatic carbocycles. The van der Waals surface area contributed by atoms with Gasteiger partial charge in [0.15, 0.2) is 0 Å². The van der Waals surface area contributed by atoms with Crippen LogP contribution in [0, 0.1) is 11.8 Å². The van der Waals surface area contributed by atoms with E-state index in [0.717, 1.165) is 31.5 Å². The fourth-order valence-electron chi connectivity index (χ4n) is 3.12. The summed E-state index contributed by atoms with van der Waals surface area (Å²) in [5.41, 5.74) is 6.97. The van der Waals surface area contributed by atoms with Crippen molar-refractivity contribution in [1.29, 1.82) is 0 Å². The number of piperidine rings is 1. The number of likely N-dealkylation sites (tertiary alicyclic amines) is 1. The summed E-state index contributed by atoms with van der Waals surface area (Å²) in [5, 5.41) is 0. The molecule has 20 heavy (non-hydrogen) atoms. The second-order valence-corrected chi connectivity index (χ2v) is 5.92. The second-order valence-electron chi connectivity index (χ2n) is 5.92. The Hall–Kier alpha value is -1.35. The number of rotatable bonds is 4. The second kappa shape index (κ2) is 6.89. The van der Waals surface area contributed by atoms with Crippen LogP contribution in [0.3, 0.4) is 0 Å². The van der Waals surface area contributed by atoms with Crippen molar-refractivity contribution in [2.75, 3.05) is 19.6 Å². The number of carbonyl (C=O) groups is 1. The summed E-state index contributed by atoms with van der Waals surface area (Å²) in [6.07, 6.45) is 1.92. The smallest absolute Gasteiger partial charge is 0.230 e. The minimum absolute atomic E-state index is 0.0111. The fraction of sp³-hybridized carbons (Fsp3) is 0.588. The fourth-order valence-corrected chi connectivity index (χ4v) is 3.12. The molecule has 2 rings (SSSR count). The summed E-state index contributed by atoms with van der Waals surface area (Å²) in [4.78, 5) is 14.8. The standard InChI is InChI=1S/C17H26N2O/c1-3-16(14-7-5-4-6-8-14)17(20)19-10-9-13(2)15(11-18)12-19/h4-8,13,15-16H,3,9-12,18H2,1-2H3. The monoisotopic (exact) mass is 274 g/mol. The Kier molecular flexibility index (Phi) is 5.18. The molecular formula is C17H26N2O. The van der Waals surface area contributed by atoms with Gasteiger partial charge >= 0.3 is 0 Å². The van der Waals surface area contributed by atoms with E-state index >= 15 is 0 Å². The van der Waals surface area contributed by atoms with Crippen molar-refractivity contribution in [3.63, 3.8) is 0 Å². The Morgan fingerprint density at radius 3 is 2.70 bits per heavy atom. The minimum Gasteiger partial charge on any atom is -0.342 e. The summed E-state index contributed by atoms with van der Waals surface area (Å²) >= 11 is 0. The maximum absolute atomic E-state index is 12.8. The van der Waals surface area contributed by atoms with Crippen molar-refractivity contribution in [3.05, 3.63) is 35.9 Å². The molecule has 110 valence electrons. The molecule has 1 amide bonds. The summed E-state index contributed by atoms with van der Waals surface area (Å²) in [5.74, 6) is 1.33. The summed E-state index contributed by atoms with van der Waals surface area (Å²) in [6.45, 7) is 6.70. The first kappa shape index (κ1) is 15.0. The zero-order chi connectivity index (χ0) is 14.5. The average Bonchev–Trinajstić information content (AvgIpc) is 2.49. The molecule has 1 heterocycles. The molecular weight excluding hydrogens is 248 g/mol. The molecule has 0 spiro atoms. The maximum atomic E-state index is 12.8. The van der Waals surface area contributed by atoms with Gasteiger partial charge in [-0.2, -0.15) is 0 Å². The van der Waals surface area contributed by atoms with E-state index in [1.165, 1.54) is 0 Å². The first-order chi connectivity index (χ1) is 9.67. The van der Waals surface area contributed by atoms with Crippen LogP contribution < -0.4 is 5.73 Å². The van der Waals surface area contributed by atoms with Gasteiger partial charge in [-0.3, -0.25) is 4.79 Å². The van der Waals surface area contributed by atoms with Crippen molar-refractivity contribution < 1.29 is 4.79 Å². The lowest BCUT2D eigenvalue weighted by atomic mass is 9.86. The average molecular weight is 274 g/mol. The molecule has 0 aromatic heterocycles. The number of nitrogens with two attached hydrogens (primary N) is 1. The molecule has 0 radical (unpaired) electrons. The van der Waals surface area contributed by atoms with Crippen LogP contribution in [0.25, 0.3) is 0 Å². The van der Waals surface area contributed by atoms with Crippen LogP contribution in [0.15, 0.2) is 30.3 Å². The number of carbonyl (C=O) groups excluding carboxylic acids is 1. The highest BCUT2D eigenvalue weighted by Gasteiger charge is 2.31. The van der Waals surface area contributed by atoms with Gasteiger partial charge in [-0.25, -0.2) is 0 Å². The van der Waals surface area contributed by atoms with Gasteiger partial charge in [0.25, 0.3) is 0 Å². The third kappa shape index (κ3) is 3.21. The predicted molar refractivity (Wildman–Crippen MR) is 82.4 cm³/mol. The van der Waals surface area contributed by atoms with E-state index in [2.05, 4.69) is 26.0 Å².